The van der Waals surface area contributed by atoms with Crippen LogP contribution < -0.4 is 4.74 Å². The van der Waals surface area contributed by atoms with Crippen LogP contribution in [0.3, 0.4) is 0 Å². The van der Waals surface area contributed by atoms with E-state index in [0.717, 1.165) is 7.11 Å². The van der Waals surface area contributed by atoms with Gasteiger partial charge in [0.05, 0.1) is 22.8 Å². The Labute approximate surface area is 115 Å². The standard InChI is InChI=1S/C10H9F3INO3/c1-5-3-6(14)9(18-10(11,12)13)7(15-5)4-8(16)17-2/h3H,4H2,1-2H3. The fraction of sp³-hybridized carbons (Fsp3) is 0.400. The average molecular weight is 375 g/mol. The molecule has 0 aliphatic heterocycles. The molecule has 1 rings (SSSR count). The van der Waals surface area contributed by atoms with Crippen molar-refractivity contribution in [1.82, 2.24) is 4.98 Å². The number of nitrogens with zero attached hydrogens (tertiary/aromatic N) is 1. The van der Waals surface area contributed by atoms with Crippen LogP contribution in [0.2, 0.25) is 0 Å². The average Bonchev–Trinajstić information content (AvgIpc) is 2.21. The topological polar surface area (TPSA) is 48.4 Å². The second-order valence-electron chi connectivity index (χ2n) is 3.32. The Morgan fingerprint density at radius 1 is 1.50 bits per heavy atom. The predicted molar refractivity (Wildman–Crippen MR) is 64.1 cm³/mol. The number of alkyl halides is 3. The lowest BCUT2D eigenvalue weighted by Gasteiger charge is -2.14. The van der Waals surface area contributed by atoms with Crippen LogP contribution in [-0.2, 0) is 16.0 Å². The van der Waals surface area contributed by atoms with Crippen LogP contribution in [-0.4, -0.2) is 24.4 Å². The zero-order chi connectivity index (χ0) is 13.9. The van der Waals surface area contributed by atoms with Gasteiger partial charge in [-0.15, -0.1) is 13.2 Å². The molecular formula is C10H9F3INO3. The minimum atomic E-state index is -4.83. The van der Waals surface area contributed by atoms with E-state index in [-0.39, 0.29) is 15.7 Å². The van der Waals surface area contributed by atoms with Gasteiger partial charge in [0.2, 0.25) is 0 Å². The number of esters is 1. The Morgan fingerprint density at radius 2 is 2.11 bits per heavy atom. The molecule has 0 fully saturated rings. The highest BCUT2D eigenvalue weighted by molar-refractivity contribution is 14.1. The molecule has 0 radical (unpaired) electrons. The first-order chi connectivity index (χ1) is 8.23. The molecule has 0 unspecified atom stereocenters. The van der Waals surface area contributed by atoms with Gasteiger partial charge >= 0.3 is 12.3 Å². The number of hydrogen-bond donors (Lipinski definition) is 0. The number of aryl methyl sites for hydroxylation is 1. The van der Waals surface area contributed by atoms with Crippen molar-refractivity contribution in [2.45, 2.75) is 19.7 Å². The van der Waals surface area contributed by atoms with Crippen molar-refractivity contribution in [3.05, 3.63) is 21.0 Å². The van der Waals surface area contributed by atoms with Crippen molar-refractivity contribution in [3.8, 4) is 5.75 Å². The summed E-state index contributed by atoms with van der Waals surface area (Å²) in [5.74, 6) is -1.14. The lowest BCUT2D eigenvalue weighted by molar-refractivity contribution is -0.275. The highest BCUT2D eigenvalue weighted by atomic mass is 127. The molecule has 0 aromatic carbocycles. The zero-order valence-electron chi connectivity index (χ0n) is 9.47. The Hall–Kier alpha value is -1.06. The van der Waals surface area contributed by atoms with Gasteiger partial charge in [-0.25, -0.2) is 0 Å². The van der Waals surface area contributed by atoms with Gasteiger partial charge < -0.3 is 9.47 Å². The van der Waals surface area contributed by atoms with Crippen molar-refractivity contribution in [3.63, 3.8) is 0 Å². The molecule has 1 heterocycles. The van der Waals surface area contributed by atoms with Crippen LogP contribution >= 0.6 is 22.6 Å². The van der Waals surface area contributed by atoms with Crippen LogP contribution in [0.15, 0.2) is 6.07 Å². The van der Waals surface area contributed by atoms with E-state index in [2.05, 4.69) is 14.5 Å². The summed E-state index contributed by atoms with van der Waals surface area (Å²) in [4.78, 5) is 15.0. The minimum absolute atomic E-state index is 0.0939. The van der Waals surface area contributed by atoms with E-state index in [1.807, 2.05) is 0 Å². The Bertz CT molecular complexity index is 462. The number of pyridine rings is 1. The fourth-order valence-corrected chi connectivity index (χ4v) is 2.11. The molecule has 1 aromatic heterocycles. The monoisotopic (exact) mass is 375 g/mol. The Kier molecular flexibility index (Phi) is 4.77. The molecule has 0 saturated heterocycles. The molecule has 18 heavy (non-hydrogen) atoms. The molecule has 0 saturated carbocycles. The zero-order valence-corrected chi connectivity index (χ0v) is 11.6. The Balaban J connectivity index is 3.16. The number of rotatable bonds is 3. The first-order valence-electron chi connectivity index (χ1n) is 4.71. The van der Waals surface area contributed by atoms with E-state index < -0.39 is 18.1 Å². The summed E-state index contributed by atoms with van der Waals surface area (Å²) in [7, 11) is 1.15. The molecule has 4 nitrogen and oxygen atoms in total. The number of methoxy groups -OCH3 is 1. The molecule has 0 spiro atoms. The quantitative estimate of drug-likeness (QED) is 0.602. The van der Waals surface area contributed by atoms with Gasteiger partial charge in [0, 0.05) is 5.69 Å². The largest absolute Gasteiger partial charge is 0.573 e. The highest BCUT2D eigenvalue weighted by Crippen LogP contribution is 2.31. The summed E-state index contributed by atoms with van der Waals surface area (Å²) < 4.78 is 45.3. The number of aromatic nitrogens is 1. The van der Waals surface area contributed by atoms with Crippen LogP contribution in [0.25, 0.3) is 0 Å². The van der Waals surface area contributed by atoms with Crippen LogP contribution in [0, 0.1) is 10.5 Å². The number of carbonyl (C=O) groups excluding carboxylic acids is 1. The van der Waals surface area contributed by atoms with Crippen molar-refractivity contribution in [1.29, 1.82) is 0 Å². The molecule has 0 bridgehead atoms. The Morgan fingerprint density at radius 3 is 2.61 bits per heavy atom. The molecule has 100 valence electrons. The second kappa shape index (κ2) is 5.72. The van der Waals surface area contributed by atoms with E-state index in [1.165, 1.54) is 6.07 Å². The second-order valence-corrected chi connectivity index (χ2v) is 4.48. The SMILES string of the molecule is COC(=O)Cc1nc(C)cc(I)c1OC(F)(F)F. The third-order valence-corrected chi connectivity index (χ3v) is 2.68. The van der Waals surface area contributed by atoms with Gasteiger partial charge in [0.1, 0.15) is 0 Å². The lowest BCUT2D eigenvalue weighted by Crippen LogP contribution is -2.20. The molecule has 0 amide bonds. The number of halogens is 4. The van der Waals surface area contributed by atoms with E-state index in [0.29, 0.717) is 5.69 Å². The van der Waals surface area contributed by atoms with Crippen LogP contribution in [0.1, 0.15) is 11.4 Å². The van der Waals surface area contributed by atoms with Crippen molar-refractivity contribution in [2.24, 2.45) is 0 Å². The maximum Gasteiger partial charge on any atom is 0.573 e. The van der Waals surface area contributed by atoms with E-state index in [4.69, 9.17) is 0 Å². The van der Waals surface area contributed by atoms with Gasteiger partial charge in [0.15, 0.2) is 5.75 Å². The molecule has 8 heteroatoms. The van der Waals surface area contributed by atoms with Gasteiger partial charge in [0.25, 0.3) is 0 Å². The van der Waals surface area contributed by atoms with Gasteiger partial charge in [-0.2, -0.15) is 0 Å². The third kappa shape index (κ3) is 4.31. The maximum absolute atomic E-state index is 12.3. The number of hydrogen-bond acceptors (Lipinski definition) is 4. The number of ether oxygens (including phenoxy) is 2. The van der Waals surface area contributed by atoms with Crippen molar-refractivity contribution < 1.29 is 27.4 Å². The maximum atomic E-state index is 12.3. The normalized spacial score (nSPS) is 11.2. The molecule has 0 atom stereocenters. The van der Waals surface area contributed by atoms with Gasteiger partial charge in [-0.1, -0.05) is 0 Å². The molecule has 0 aliphatic rings. The summed E-state index contributed by atoms with van der Waals surface area (Å²) in [5, 5.41) is 0. The van der Waals surface area contributed by atoms with Gasteiger partial charge in [-0.3, -0.25) is 9.78 Å². The van der Waals surface area contributed by atoms with E-state index in [9.17, 15) is 18.0 Å². The lowest BCUT2D eigenvalue weighted by atomic mass is 10.2. The minimum Gasteiger partial charge on any atom is -0.469 e. The summed E-state index contributed by atoms with van der Waals surface area (Å²) in [5.41, 5.74) is 0.399. The third-order valence-electron chi connectivity index (χ3n) is 1.88. The summed E-state index contributed by atoms with van der Waals surface area (Å²) in [6.45, 7) is 1.61. The first-order valence-corrected chi connectivity index (χ1v) is 5.79. The molecule has 1 aromatic rings. The smallest absolute Gasteiger partial charge is 0.469 e. The molecular weight excluding hydrogens is 366 g/mol. The predicted octanol–water partition coefficient (Wildman–Crippen LogP) is 2.61. The first kappa shape index (κ1) is 15.0. The fourth-order valence-electron chi connectivity index (χ4n) is 1.23. The van der Waals surface area contributed by atoms with Gasteiger partial charge in [-0.05, 0) is 35.6 Å². The molecule has 0 N–H and O–H groups in total. The van der Waals surface area contributed by atoms with Crippen LogP contribution in [0.4, 0.5) is 13.2 Å². The summed E-state index contributed by atoms with van der Waals surface area (Å²) in [6.07, 6.45) is -5.21. The van der Waals surface area contributed by atoms with E-state index in [1.54, 1.807) is 29.5 Å². The van der Waals surface area contributed by atoms with Crippen LogP contribution in [0.5, 0.6) is 5.75 Å². The summed E-state index contributed by atoms with van der Waals surface area (Å²) >= 11 is 1.69. The van der Waals surface area contributed by atoms with Crippen molar-refractivity contribution in [2.75, 3.05) is 7.11 Å². The number of carbonyl (C=O) groups is 1. The summed E-state index contributed by atoms with van der Waals surface area (Å²) in [6, 6.07) is 1.43. The van der Waals surface area contributed by atoms with E-state index >= 15 is 0 Å². The van der Waals surface area contributed by atoms with Crippen molar-refractivity contribution >= 4 is 28.6 Å². The molecule has 0 aliphatic carbocycles. The highest BCUT2D eigenvalue weighted by Gasteiger charge is 2.34.